The number of benzene rings is 1. The molecule has 2 amide bonds. The van der Waals surface area contributed by atoms with Crippen LogP contribution in [0.15, 0.2) is 24.3 Å². The van der Waals surface area contributed by atoms with E-state index in [9.17, 15) is 4.79 Å². The van der Waals surface area contributed by atoms with Gasteiger partial charge < -0.3 is 21.1 Å². The van der Waals surface area contributed by atoms with Crippen molar-refractivity contribution in [3.8, 4) is 0 Å². The predicted octanol–water partition coefficient (Wildman–Crippen LogP) is 2.01. The summed E-state index contributed by atoms with van der Waals surface area (Å²) in [5, 5.41) is 6.16. The first kappa shape index (κ1) is 13.8. The topological polar surface area (TPSA) is 76.4 Å². The summed E-state index contributed by atoms with van der Waals surface area (Å²) in [6, 6.07) is 7.99. The summed E-state index contributed by atoms with van der Waals surface area (Å²) in [5.41, 5.74) is 6.98. The van der Waals surface area contributed by atoms with Crippen LogP contribution in [-0.2, 0) is 4.74 Å². The Morgan fingerprint density at radius 2 is 1.95 bits per heavy atom. The number of primary amides is 1. The number of carbonyl (C=O) groups is 1. The fourth-order valence-corrected chi connectivity index (χ4v) is 2.31. The maximum Gasteiger partial charge on any atom is 0.316 e. The summed E-state index contributed by atoms with van der Waals surface area (Å²) < 4.78 is 5.35. The van der Waals surface area contributed by atoms with Gasteiger partial charge in [-0.25, -0.2) is 4.79 Å². The van der Waals surface area contributed by atoms with E-state index < -0.39 is 6.03 Å². The third kappa shape index (κ3) is 4.22. The number of amides is 2. The average molecular weight is 263 g/mol. The van der Waals surface area contributed by atoms with Gasteiger partial charge in [-0.15, -0.1) is 0 Å². The van der Waals surface area contributed by atoms with Crippen molar-refractivity contribution in [2.24, 2.45) is 5.73 Å². The van der Waals surface area contributed by atoms with Gasteiger partial charge in [-0.3, -0.25) is 0 Å². The van der Waals surface area contributed by atoms with Crippen molar-refractivity contribution in [3.05, 3.63) is 29.8 Å². The maximum atomic E-state index is 10.7. The number of urea groups is 1. The first-order chi connectivity index (χ1) is 9.15. The highest BCUT2D eigenvalue weighted by Gasteiger charge is 2.16. The molecule has 1 unspecified atom stereocenters. The normalized spacial score (nSPS) is 17.9. The molecule has 1 aromatic rings. The Balaban J connectivity index is 1.91. The highest BCUT2D eigenvalue weighted by Crippen LogP contribution is 2.18. The minimum atomic E-state index is -0.541. The Morgan fingerprint density at radius 1 is 1.32 bits per heavy atom. The second kappa shape index (κ2) is 6.54. The second-order valence-electron chi connectivity index (χ2n) is 4.89. The second-order valence-corrected chi connectivity index (χ2v) is 4.89. The summed E-state index contributed by atoms with van der Waals surface area (Å²) in [6.07, 6.45) is 2.12. The van der Waals surface area contributed by atoms with Crippen LogP contribution >= 0.6 is 0 Å². The van der Waals surface area contributed by atoms with E-state index in [1.165, 1.54) is 5.56 Å². The van der Waals surface area contributed by atoms with Crippen molar-refractivity contribution in [1.82, 2.24) is 5.32 Å². The molecule has 5 heteroatoms. The molecular weight excluding hydrogens is 242 g/mol. The SMILES string of the molecule is CC(NC1CCOCC1)c1ccc(NC(N)=O)cc1. The molecule has 0 spiro atoms. The summed E-state index contributed by atoms with van der Waals surface area (Å²) in [6.45, 7) is 3.82. The lowest BCUT2D eigenvalue weighted by Gasteiger charge is -2.27. The third-order valence-electron chi connectivity index (χ3n) is 3.39. The van der Waals surface area contributed by atoms with Gasteiger partial charge in [-0.2, -0.15) is 0 Å². The molecule has 0 saturated carbocycles. The van der Waals surface area contributed by atoms with Crippen LogP contribution in [0.4, 0.5) is 10.5 Å². The van der Waals surface area contributed by atoms with Gasteiger partial charge in [-0.1, -0.05) is 12.1 Å². The standard InChI is InChI=1S/C14H21N3O2/c1-10(16-13-6-8-19-9-7-13)11-2-4-12(5-3-11)17-14(15)18/h2-5,10,13,16H,6-9H2,1H3,(H3,15,17,18). The molecule has 1 aliphatic rings. The zero-order valence-corrected chi connectivity index (χ0v) is 11.2. The minimum Gasteiger partial charge on any atom is -0.381 e. The minimum absolute atomic E-state index is 0.283. The summed E-state index contributed by atoms with van der Waals surface area (Å²) in [5.74, 6) is 0. The van der Waals surface area contributed by atoms with E-state index >= 15 is 0 Å². The van der Waals surface area contributed by atoms with E-state index in [-0.39, 0.29) is 6.04 Å². The monoisotopic (exact) mass is 263 g/mol. The Morgan fingerprint density at radius 3 is 2.53 bits per heavy atom. The highest BCUT2D eigenvalue weighted by atomic mass is 16.5. The molecule has 104 valence electrons. The highest BCUT2D eigenvalue weighted by molar-refractivity contribution is 5.87. The molecule has 5 nitrogen and oxygen atoms in total. The Kier molecular flexibility index (Phi) is 4.76. The third-order valence-corrected chi connectivity index (χ3v) is 3.39. The molecule has 0 radical (unpaired) electrons. The van der Waals surface area contributed by atoms with Gasteiger partial charge in [0.25, 0.3) is 0 Å². The van der Waals surface area contributed by atoms with Crippen molar-refractivity contribution in [2.45, 2.75) is 31.8 Å². The van der Waals surface area contributed by atoms with Crippen LogP contribution in [0.3, 0.4) is 0 Å². The molecule has 0 aromatic heterocycles. The molecule has 1 heterocycles. The van der Waals surface area contributed by atoms with Gasteiger partial charge in [0.05, 0.1) is 0 Å². The lowest BCUT2D eigenvalue weighted by Crippen LogP contribution is -2.36. The van der Waals surface area contributed by atoms with Crippen LogP contribution in [0.5, 0.6) is 0 Å². The molecule has 1 atom stereocenters. The number of hydrogen-bond donors (Lipinski definition) is 3. The maximum absolute atomic E-state index is 10.7. The Hall–Kier alpha value is -1.59. The fourth-order valence-electron chi connectivity index (χ4n) is 2.31. The predicted molar refractivity (Wildman–Crippen MR) is 75.0 cm³/mol. The molecule has 0 bridgehead atoms. The molecule has 1 saturated heterocycles. The largest absolute Gasteiger partial charge is 0.381 e. The lowest BCUT2D eigenvalue weighted by atomic mass is 10.0. The number of anilines is 1. The first-order valence-corrected chi connectivity index (χ1v) is 6.65. The molecule has 0 aliphatic carbocycles. The molecule has 1 fully saturated rings. The van der Waals surface area contributed by atoms with Gasteiger partial charge in [0.15, 0.2) is 0 Å². The molecule has 1 aromatic carbocycles. The molecule has 4 N–H and O–H groups in total. The number of rotatable bonds is 4. The number of nitrogens with one attached hydrogen (secondary N) is 2. The zero-order chi connectivity index (χ0) is 13.7. The number of nitrogens with two attached hydrogens (primary N) is 1. The molecule has 2 rings (SSSR count). The van der Waals surface area contributed by atoms with E-state index in [1.54, 1.807) is 0 Å². The smallest absolute Gasteiger partial charge is 0.316 e. The van der Waals surface area contributed by atoms with Gasteiger partial charge in [0.1, 0.15) is 0 Å². The van der Waals surface area contributed by atoms with Gasteiger partial charge in [0, 0.05) is 31.0 Å². The van der Waals surface area contributed by atoms with E-state index in [1.807, 2.05) is 24.3 Å². The average Bonchev–Trinajstić information content (AvgIpc) is 2.40. The number of carbonyl (C=O) groups excluding carboxylic acids is 1. The molecule has 1 aliphatic heterocycles. The Labute approximate surface area is 113 Å². The van der Waals surface area contributed by atoms with Gasteiger partial charge in [-0.05, 0) is 37.5 Å². The molecular formula is C14H21N3O2. The van der Waals surface area contributed by atoms with Crippen LogP contribution in [0.2, 0.25) is 0 Å². The van der Waals surface area contributed by atoms with Crippen molar-refractivity contribution >= 4 is 11.7 Å². The fraction of sp³-hybridized carbons (Fsp3) is 0.500. The van der Waals surface area contributed by atoms with E-state index in [2.05, 4.69) is 17.6 Å². The molecule has 19 heavy (non-hydrogen) atoms. The van der Waals surface area contributed by atoms with Crippen LogP contribution in [-0.4, -0.2) is 25.3 Å². The van der Waals surface area contributed by atoms with Crippen molar-refractivity contribution < 1.29 is 9.53 Å². The van der Waals surface area contributed by atoms with E-state index in [0.717, 1.165) is 31.7 Å². The van der Waals surface area contributed by atoms with Crippen molar-refractivity contribution in [3.63, 3.8) is 0 Å². The summed E-state index contributed by atoms with van der Waals surface area (Å²) in [4.78, 5) is 10.7. The Bertz CT molecular complexity index is 413. The van der Waals surface area contributed by atoms with Crippen LogP contribution < -0.4 is 16.4 Å². The van der Waals surface area contributed by atoms with E-state index in [4.69, 9.17) is 10.5 Å². The number of ether oxygens (including phenoxy) is 1. The van der Waals surface area contributed by atoms with Crippen LogP contribution in [0.25, 0.3) is 0 Å². The van der Waals surface area contributed by atoms with Gasteiger partial charge >= 0.3 is 6.03 Å². The quantitative estimate of drug-likeness (QED) is 0.777. The van der Waals surface area contributed by atoms with E-state index in [0.29, 0.717) is 6.04 Å². The summed E-state index contributed by atoms with van der Waals surface area (Å²) >= 11 is 0. The number of hydrogen-bond acceptors (Lipinski definition) is 3. The summed E-state index contributed by atoms with van der Waals surface area (Å²) in [7, 11) is 0. The van der Waals surface area contributed by atoms with Gasteiger partial charge in [0.2, 0.25) is 0 Å². The van der Waals surface area contributed by atoms with Crippen molar-refractivity contribution in [1.29, 1.82) is 0 Å². The van der Waals surface area contributed by atoms with Crippen LogP contribution in [0, 0.1) is 0 Å². The van der Waals surface area contributed by atoms with Crippen LogP contribution in [0.1, 0.15) is 31.4 Å². The first-order valence-electron chi connectivity index (χ1n) is 6.65. The van der Waals surface area contributed by atoms with Crippen molar-refractivity contribution in [2.75, 3.05) is 18.5 Å². The zero-order valence-electron chi connectivity index (χ0n) is 11.2. The lowest BCUT2D eigenvalue weighted by molar-refractivity contribution is 0.0754.